The van der Waals surface area contributed by atoms with Crippen LogP contribution in [0.3, 0.4) is 0 Å². The molecule has 7 heteroatoms. The molecule has 1 heterocycles. The van der Waals surface area contributed by atoms with Crippen molar-refractivity contribution < 1.29 is 14.3 Å². The molecule has 188 valence electrons. The minimum atomic E-state index is -0.294. The third-order valence-corrected chi connectivity index (χ3v) is 6.25. The van der Waals surface area contributed by atoms with Crippen molar-refractivity contribution in [3.8, 4) is 22.7 Å². The van der Waals surface area contributed by atoms with Gasteiger partial charge in [0.25, 0.3) is 5.91 Å². The number of anilines is 1. The van der Waals surface area contributed by atoms with Gasteiger partial charge < -0.3 is 9.64 Å². The predicted octanol–water partition coefficient (Wildman–Crippen LogP) is 5.43. The number of aromatic nitrogens is 2. The van der Waals surface area contributed by atoms with E-state index in [4.69, 9.17) is 9.72 Å². The second-order valence-corrected chi connectivity index (χ2v) is 9.16. The molecule has 0 saturated heterocycles. The molecule has 4 aromatic rings. The summed E-state index contributed by atoms with van der Waals surface area (Å²) < 4.78 is 7.52. The van der Waals surface area contributed by atoms with Gasteiger partial charge in [0, 0.05) is 29.9 Å². The van der Waals surface area contributed by atoms with E-state index in [1.54, 1.807) is 17.0 Å². The van der Waals surface area contributed by atoms with E-state index in [-0.39, 0.29) is 18.4 Å². The van der Waals surface area contributed by atoms with Gasteiger partial charge in [-0.2, -0.15) is 0 Å². The lowest BCUT2D eigenvalue weighted by atomic mass is 10.2. The second kappa shape index (κ2) is 11.1. The third kappa shape index (κ3) is 6.06. The molecule has 1 fully saturated rings. The summed E-state index contributed by atoms with van der Waals surface area (Å²) in [6.45, 7) is 3.02. The van der Waals surface area contributed by atoms with E-state index < -0.39 is 0 Å². The molecule has 0 bridgehead atoms. The number of carbonyl (C=O) groups is 2. The van der Waals surface area contributed by atoms with Crippen LogP contribution in [0.2, 0.25) is 0 Å². The van der Waals surface area contributed by atoms with Gasteiger partial charge in [0.2, 0.25) is 11.9 Å². The molecule has 1 aromatic heterocycles. The lowest BCUT2D eigenvalue weighted by Gasteiger charge is -2.22. The highest BCUT2D eigenvalue weighted by Gasteiger charge is 2.29. The molecular formula is C30H30N4O3. The first-order chi connectivity index (χ1) is 18.1. The summed E-state index contributed by atoms with van der Waals surface area (Å²) in [5, 5.41) is 2.96. The molecule has 1 aliphatic carbocycles. The molecule has 37 heavy (non-hydrogen) atoms. The Labute approximate surface area is 216 Å². The summed E-state index contributed by atoms with van der Waals surface area (Å²) in [4.78, 5) is 32.8. The zero-order valence-corrected chi connectivity index (χ0v) is 20.8. The maximum Gasteiger partial charge on any atom is 0.254 e. The first kappa shape index (κ1) is 24.3. The summed E-state index contributed by atoms with van der Waals surface area (Å²) in [6, 6.07) is 26.6. The van der Waals surface area contributed by atoms with Crippen molar-refractivity contribution in [2.75, 3.05) is 25.0 Å². The Bertz CT molecular complexity index is 1360. The fraction of sp³-hybridized carbons (Fsp3) is 0.233. The fourth-order valence-electron chi connectivity index (χ4n) is 4.24. The van der Waals surface area contributed by atoms with Crippen LogP contribution in [-0.2, 0) is 4.79 Å². The van der Waals surface area contributed by atoms with Gasteiger partial charge in [-0.25, -0.2) is 4.98 Å². The highest BCUT2D eigenvalue weighted by Crippen LogP contribution is 2.30. The number of nitrogens with one attached hydrogen (secondary N) is 1. The van der Waals surface area contributed by atoms with Crippen molar-refractivity contribution >= 4 is 17.8 Å². The largest absolute Gasteiger partial charge is 0.494 e. The number of nitrogens with zero attached hydrogens (tertiary/aromatic N) is 3. The minimum absolute atomic E-state index is 0.0449. The highest BCUT2D eigenvalue weighted by molar-refractivity contribution is 5.99. The molecule has 0 radical (unpaired) electrons. The van der Waals surface area contributed by atoms with Crippen LogP contribution in [0.5, 0.6) is 5.75 Å². The van der Waals surface area contributed by atoms with Gasteiger partial charge in [-0.3, -0.25) is 19.5 Å². The topological polar surface area (TPSA) is 76.5 Å². The van der Waals surface area contributed by atoms with Gasteiger partial charge >= 0.3 is 0 Å². The second-order valence-electron chi connectivity index (χ2n) is 9.16. The zero-order valence-electron chi connectivity index (χ0n) is 20.8. The quantitative estimate of drug-likeness (QED) is 0.319. The Morgan fingerprint density at radius 3 is 2.43 bits per heavy atom. The lowest BCUT2D eigenvalue weighted by molar-refractivity contribution is -0.117. The van der Waals surface area contributed by atoms with Gasteiger partial charge in [0.1, 0.15) is 12.3 Å². The van der Waals surface area contributed by atoms with Gasteiger partial charge in [-0.05, 0) is 49.9 Å². The van der Waals surface area contributed by atoms with Crippen molar-refractivity contribution in [3.63, 3.8) is 0 Å². The van der Waals surface area contributed by atoms with E-state index in [9.17, 15) is 9.59 Å². The van der Waals surface area contributed by atoms with Crippen LogP contribution in [0, 0.1) is 5.92 Å². The monoisotopic (exact) mass is 494 g/mol. The van der Waals surface area contributed by atoms with E-state index >= 15 is 0 Å². The van der Waals surface area contributed by atoms with E-state index in [1.165, 1.54) is 0 Å². The highest BCUT2D eigenvalue weighted by atomic mass is 16.5. The number of benzene rings is 3. The molecule has 1 N–H and O–H groups in total. The number of hydrogen-bond donors (Lipinski definition) is 1. The SMILES string of the molecule is CCOc1cccc(-n2cc(-c3ccccc3)nc2NC(=O)CN(CC2CC2)C(=O)c2ccccc2)c1. The Morgan fingerprint density at radius 2 is 1.73 bits per heavy atom. The average Bonchev–Trinajstić information content (AvgIpc) is 3.65. The van der Waals surface area contributed by atoms with Gasteiger partial charge in [0.05, 0.1) is 18.0 Å². The van der Waals surface area contributed by atoms with E-state index in [0.29, 0.717) is 30.6 Å². The van der Waals surface area contributed by atoms with E-state index in [0.717, 1.165) is 35.5 Å². The van der Waals surface area contributed by atoms with Crippen LogP contribution in [0.4, 0.5) is 5.95 Å². The van der Waals surface area contributed by atoms with Crippen LogP contribution in [-0.4, -0.2) is 46.0 Å². The smallest absolute Gasteiger partial charge is 0.254 e. The van der Waals surface area contributed by atoms with Gasteiger partial charge in [-0.1, -0.05) is 54.6 Å². The molecular weight excluding hydrogens is 464 g/mol. The average molecular weight is 495 g/mol. The zero-order chi connectivity index (χ0) is 25.6. The fourth-order valence-corrected chi connectivity index (χ4v) is 4.24. The molecule has 1 aliphatic rings. The maximum atomic E-state index is 13.3. The van der Waals surface area contributed by atoms with Crippen molar-refractivity contribution in [2.24, 2.45) is 5.92 Å². The first-order valence-electron chi connectivity index (χ1n) is 12.6. The van der Waals surface area contributed by atoms with E-state index in [2.05, 4.69) is 5.32 Å². The summed E-state index contributed by atoms with van der Waals surface area (Å²) >= 11 is 0. The molecule has 3 aromatic carbocycles. The van der Waals surface area contributed by atoms with Crippen LogP contribution in [0.25, 0.3) is 16.9 Å². The molecule has 2 amide bonds. The number of ether oxygens (including phenoxy) is 1. The van der Waals surface area contributed by atoms with Crippen molar-refractivity contribution in [1.29, 1.82) is 0 Å². The number of hydrogen-bond acceptors (Lipinski definition) is 4. The molecule has 0 spiro atoms. The summed E-state index contributed by atoms with van der Waals surface area (Å²) in [7, 11) is 0. The molecule has 0 unspecified atom stereocenters. The Kier molecular flexibility index (Phi) is 7.31. The summed E-state index contributed by atoms with van der Waals surface area (Å²) in [5.74, 6) is 1.14. The summed E-state index contributed by atoms with van der Waals surface area (Å²) in [5.41, 5.74) is 3.06. The number of imidazole rings is 1. The van der Waals surface area contributed by atoms with Crippen molar-refractivity contribution in [2.45, 2.75) is 19.8 Å². The van der Waals surface area contributed by atoms with Gasteiger partial charge in [-0.15, -0.1) is 0 Å². The van der Waals surface area contributed by atoms with Gasteiger partial charge in [0.15, 0.2) is 0 Å². The standard InChI is InChI=1S/C30H30N4O3/c1-2-37-26-15-9-14-25(18-26)34-20-27(23-10-5-3-6-11-23)31-30(34)32-28(35)21-33(19-22-16-17-22)29(36)24-12-7-4-8-13-24/h3-15,18,20,22H,2,16-17,19,21H2,1H3,(H,31,32,35). The number of carbonyl (C=O) groups excluding carboxylic acids is 2. The summed E-state index contributed by atoms with van der Waals surface area (Å²) in [6.07, 6.45) is 4.06. The van der Waals surface area contributed by atoms with Crippen molar-refractivity contribution in [1.82, 2.24) is 14.5 Å². The number of rotatable bonds is 10. The predicted molar refractivity (Wildman–Crippen MR) is 144 cm³/mol. The molecule has 5 rings (SSSR count). The van der Waals surface area contributed by atoms with Crippen LogP contribution >= 0.6 is 0 Å². The first-order valence-corrected chi connectivity index (χ1v) is 12.6. The Hall–Kier alpha value is -4.39. The van der Waals surface area contributed by atoms with Crippen LogP contribution in [0.15, 0.2) is 91.1 Å². The van der Waals surface area contributed by atoms with Crippen LogP contribution in [0.1, 0.15) is 30.1 Å². The minimum Gasteiger partial charge on any atom is -0.494 e. The van der Waals surface area contributed by atoms with Crippen molar-refractivity contribution in [3.05, 3.63) is 96.7 Å². The molecule has 0 atom stereocenters. The number of amides is 2. The van der Waals surface area contributed by atoms with Crippen LogP contribution < -0.4 is 10.1 Å². The lowest BCUT2D eigenvalue weighted by Crippen LogP contribution is -2.39. The Balaban J connectivity index is 1.42. The third-order valence-electron chi connectivity index (χ3n) is 6.25. The Morgan fingerprint density at radius 1 is 1.00 bits per heavy atom. The normalized spacial score (nSPS) is 12.7. The maximum absolute atomic E-state index is 13.3. The molecule has 1 saturated carbocycles. The van der Waals surface area contributed by atoms with E-state index in [1.807, 2.05) is 90.5 Å². The molecule has 7 nitrogen and oxygen atoms in total. The molecule has 0 aliphatic heterocycles.